The molecule has 0 radical (unpaired) electrons. The first-order chi connectivity index (χ1) is 12.5. The number of amides is 1. The second kappa shape index (κ2) is 7.38. The molecule has 3 aromatic rings. The molecule has 0 aliphatic carbocycles. The van der Waals surface area contributed by atoms with E-state index in [9.17, 15) is 18.0 Å². The van der Waals surface area contributed by atoms with Crippen molar-refractivity contribution >= 4 is 11.7 Å². The summed E-state index contributed by atoms with van der Waals surface area (Å²) in [5, 5.41) is 9.61. The molecule has 26 heavy (non-hydrogen) atoms. The molecule has 5 nitrogen and oxygen atoms in total. The van der Waals surface area contributed by atoms with Gasteiger partial charge in [0.25, 0.3) is 0 Å². The summed E-state index contributed by atoms with van der Waals surface area (Å²) in [7, 11) is 0. The lowest BCUT2D eigenvalue weighted by molar-refractivity contribution is -0.116. The summed E-state index contributed by atoms with van der Waals surface area (Å²) in [6.45, 7) is 1.81. The standard InChI is InChI=1S/C18H15F3N4O/c1-10-17(12-4-6-22-7-5-12)24-25-18(10)23-15(26)3-2-11-8-13(19)16(21)14(20)9-11/h4-9H,2-3H2,1H3,(H2,23,24,25,26). The molecular formula is C18H15F3N4O. The number of carbonyl (C=O) groups excluding carboxylic acids is 1. The number of hydrogen-bond acceptors (Lipinski definition) is 3. The first kappa shape index (κ1) is 17.7. The highest BCUT2D eigenvalue weighted by atomic mass is 19.2. The first-order valence-corrected chi connectivity index (χ1v) is 7.84. The Hall–Kier alpha value is -3.16. The molecule has 0 unspecified atom stereocenters. The number of aromatic nitrogens is 3. The van der Waals surface area contributed by atoms with Gasteiger partial charge in [-0.05, 0) is 43.2 Å². The van der Waals surface area contributed by atoms with Crippen LogP contribution >= 0.6 is 0 Å². The smallest absolute Gasteiger partial charge is 0.225 e. The van der Waals surface area contributed by atoms with Crippen molar-refractivity contribution in [2.24, 2.45) is 0 Å². The van der Waals surface area contributed by atoms with Crippen molar-refractivity contribution in [2.45, 2.75) is 19.8 Å². The number of benzene rings is 1. The molecule has 0 saturated heterocycles. The lowest BCUT2D eigenvalue weighted by Crippen LogP contribution is -2.13. The molecule has 0 aliphatic heterocycles. The number of halogens is 3. The van der Waals surface area contributed by atoms with Crippen molar-refractivity contribution in [3.8, 4) is 11.3 Å². The van der Waals surface area contributed by atoms with E-state index in [4.69, 9.17) is 0 Å². The molecule has 2 heterocycles. The van der Waals surface area contributed by atoms with Gasteiger partial charge in [0, 0.05) is 29.9 Å². The van der Waals surface area contributed by atoms with Gasteiger partial charge >= 0.3 is 0 Å². The Balaban J connectivity index is 1.65. The van der Waals surface area contributed by atoms with Crippen molar-refractivity contribution in [2.75, 3.05) is 5.32 Å². The lowest BCUT2D eigenvalue weighted by atomic mass is 10.1. The maximum atomic E-state index is 13.2. The molecule has 0 bridgehead atoms. The van der Waals surface area contributed by atoms with Gasteiger partial charge in [-0.1, -0.05) is 0 Å². The van der Waals surface area contributed by atoms with E-state index in [1.165, 1.54) is 0 Å². The third kappa shape index (κ3) is 3.74. The number of H-pyrrole nitrogens is 1. The average molecular weight is 360 g/mol. The number of nitrogens with zero attached hydrogens (tertiary/aromatic N) is 2. The molecule has 0 spiro atoms. The van der Waals surface area contributed by atoms with E-state index >= 15 is 0 Å². The number of nitrogens with one attached hydrogen (secondary N) is 2. The van der Waals surface area contributed by atoms with E-state index in [2.05, 4.69) is 20.5 Å². The molecule has 0 atom stereocenters. The zero-order chi connectivity index (χ0) is 18.7. The van der Waals surface area contributed by atoms with Crippen LogP contribution in [0, 0.1) is 24.4 Å². The fourth-order valence-electron chi connectivity index (χ4n) is 2.52. The third-order valence-electron chi connectivity index (χ3n) is 3.91. The van der Waals surface area contributed by atoms with Crippen LogP contribution in [0.1, 0.15) is 17.5 Å². The Morgan fingerprint density at radius 1 is 1.15 bits per heavy atom. The van der Waals surface area contributed by atoms with Gasteiger partial charge in [-0.2, -0.15) is 5.10 Å². The number of anilines is 1. The number of pyridine rings is 1. The van der Waals surface area contributed by atoms with Crippen molar-refractivity contribution in [3.05, 3.63) is 65.2 Å². The van der Waals surface area contributed by atoms with E-state index in [-0.39, 0.29) is 24.3 Å². The first-order valence-electron chi connectivity index (χ1n) is 7.84. The largest absolute Gasteiger partial charge is 0.311 e. The minimum absolute atomic E-state index is 0.0203. The summed E-state index contributed by atoms with van der Waals surface area (Å²) in [6.07, 6.45) is 3.34. The van der Waals surface area contributed by atoms with Gasteiger partial charge in [-0.3, -0.25) is 14.9 Å². The van der Waals surface area contributed by atoms with Crippen LogP contribution < -0.4 is 5.32 Å². The maximum Gasteiger partial charge on any atom is 0.225 e. The lowest BCUT2D eigenvalue weighted by Gasteiger charge is -2.06. The molecule has 1 aromatic carbocycles. The zero-order valence-corrected chi connectivity index (χ0v) is 13.8. The fourth-order valence-corrected chi connectivity index (χ4v) is 2.52. The molecular weight excluding hydrogens is 345 g/mol. The highest BCUT2D eigenvalue weighted by molar-refractivity contribution is 5.91. The maximum absolute atomic E-state index is 13.2. The molecule has 2 aromatic heterocycles. The molecule has 1 amide bonds. The Kier molecular flexibility index (Phi) is 5.01. The number of rotatable bonds is 5. The Bertz CT molecular complexity index is 918. The summed E-state index contributed by atoms with van der Waals surface area (Å²) in [5.41, 5.74) is 2.50. The highest BCUT2D eigenvalue weighted by Gasteiger charge is 2.14. The summed E-state index contributed by atoms with van der Waals surface area (Å²) in [6, 6.07) is 5.36. The fraction of sp³-hybridized carbons (Fsp3) is 0.167. The normalized spacial score (nSPS) is 10.8. The van der Waals surface area contributed by atoms with E-state index < -0.39 is 17.5 Å². The highest BCUT2D eigenvalue weighted by Crippen LogP contribution is 2.25. The quantitative estimate of drug-likeness (QED) is 0.681. The van der Waals surface area contributed by atoms with Crippen molar-refractivity contribution in [3.63, 3.8) is 0 Å². The summed E-state index contributed by atoms with van der Waals surface area (Å²) in [5.74, 6) is -3.98. The molecule has 2 N–H and O–H groups in total. The number of carbonyl (C=O) groups is 1. The van der Waals surface area contributed by atoms with Crippen molar-refractivity contribution < 1.29 is 18.0 Å². The summed E-state index contributed by atoms with van der Waals surface area (Å²) < 4.78 is 39.3. The summed E-state index contributed by atoms with van der Waals surface area (Å²) >= 11 is 0. The molecule has 3 rings (SSSR count). The number of aromatic amines is 1. The van der Waals surface area contributed by atoms with Gasteiger partial charge in [-0.25, -0.2) is 13.2 Å². The van der Waals surface area contributed by atoms with E-state index in [1.807, 2.05) is 0 Å². The van der Waals surface area contributed by atoms with Crippen LogP contribution in [0.25, 0.3) is 11.3 Å². The van der Waals surface area contributed by atoms with Crippen LogP contribution in [0.5, 0.6) is 0 Å². The van der Waals surface area contributed by atoms with Crippen LogP contribution in [0.2, 0.25) is 0 Å². The second-order valence-corrected chi connectivity index (χ2v) is 5.73. The number of hydrogen-bond donors (Lipinski definition) is 2. The second-order valence-electron chi connectivity index (χ2n) is 5.73. The SMILES string of the molecule is Cc1c(-c2ccncc2)n[nH]c1NC(=O)CCc1cc(F)c(F)c(F)c1. The molecule has 0 aliphatic rings. The van der Waals surface area contributed by atoms with Crippen LogP contribution in [0.15, 0.2) is 36.7 Å². The van der Waals surface area contributed by atoms with E-state index in [1.54, 1.807) is 31.5 Å². The molecule has 0 saturated carbocycles. The number of aryl methyl sites for hydroxylation is 1. The van der Waals surface area contributed by atoms with Crippen LogP contribution in [0.4, 0.5) is 19.0 Å². The van der Waals surface area contributed by atoms with Crippen LogP contribution in [-0.2, 0) is 11.2 Å². The Morgan fingerprint density at radius 3 is 2.46 bits per heavy atom. The van der Waals surface area contributed by atoms with Gasteiger partial charge in [0.05, 0.1) is 5.69 Å². The topological polar surface area (TPSA) is 70.7 Å². The molecule has 134 valence electrons. The van der Waals surface area contributed by atoms with Gasteiger partial charge in [0.2, 0.25) is 5.91 Å². The van der Waals surface area contributed by atoms with Crippen molar-refractivity contribution in [1.29, 1.82) is 0 Å². The molecule has 8 heteroatoms. The van der Waals surface area contributed by atoms with Gasteiger partial charge in [0.1, 0.15) is 5.82 Å². The van der Waals surface area contributed by atoms with E-state index in [0.717, 1.165) is 23.3 Å². The van der Waals surface area contributed by atoms with E-state index in [0.29, 0.717) is 11.5 Å². The third-order valence-corrected chi connectivity index (χ3v) is 3.91. The monoisotopic (exact) mass is 360 g/mol. The summed E-state index contributed by atoms with van der Waals surface area (Å²) in [4.78, 5) is 16.0. The molecule has 0 fully saturated rings. The minimum Gasteiger partial charge on any atom is -0.311 e. The van der Waals surface area contributed by atoms with Crippen molar-refractivity contribution in [1.82, 2.24) is 15.2 Å². The minimum atomic E-state index is -1.52. The average Bonchev–Trinajstić information content (AvgIpc) is 2.99. The van der Waals surface area contributed by atoms with Crippen LogP contribution in [-0.4, -0.2) is 21.1 Å². The van der Waals surface area contributed by atoms with Gasteiger partial charge in [0.15, 0.2) is 17.5 Å². The Morgan fingerprint density at radius 2 is 1.81 bits per heavy atom. The zero-order valence-electron chi connectivity index (χ0n) is 13.8. The predicted octanol–water partition coefficient (Wildman–Crippen LogP) is 3.77. The predicted molar refractivity (Wildman–Crippen MR) is 89.8 cm³/mol. The van der Waals surface area contributed by atoms with Gasteiger partial charge in [-0.15, -0.1) is 0 Å². The Labute approximate surface area is 147 Å². The van der Waals surface area contributed by atoms with Crippen LogP contribution in [0.3, 0.4) is 0 Å². The van der Waals surface area contributed by atoms with Gasteiger partial charge < -0.3 is 5.32 Å².